The SMILES string of the molecule is ClSNc1ccccc1. The zero-order valence-electron chi connectivity index (χ0n) is 4.67. The molecule has 0 unspecified atom stereocenters. The summed E-state index contributed by atoms with van der Waals surface area (Å²) in [6.07, 6.45) is 0. The molecule has 0 aliphatic rings. The Morgan fingerprint density at radius 3 is 2.44 bits per heavy atom. The first kappa shape index (κ1) is 6.78. The number of nitrogens with one attached hydrogen (secondary N) is 1. The molecule has 0 aliphatic heterocycles. The molecule has 1 rings (SSSR count). The molecule has 0 aromatic heterocycles. The predicted molar refractivity (Wildman–Crippen MR) is 43.5 cm³/mol. The Morgan fingerprint density at radius 1 is 1.22 bits per heavy atom. The fourth-order valence-electron chi connectivity index (χ4n) is 0.551. The number of hydrogen-bond acceptors (Lipinski definition) is 2. The molecular weight excluding hydrogens is 154 g/mol. The van der Waals surface area contributed by atoms with Gasteiger partial charge in [0.1, 0.15) is 0 Å². The Labute approximate surface area is 63.0 Å². The average Bonchev–Trinajstić information content (AvgIpc) is 1.91. The van der Waals surface area contributed by atoms with Gasteiger partial charge in [-0.2, -0.15) is 0 Å². The second-order valence-corrected chi connectivity index (χ2v) is 2.37. The lowest BCUT2D eigenvalue weighted by molar-refractivity contribution is 1.69. The predicted octanol–water partition coefficient (Wildman–Crippen LogP) is 2.90. The van der Waals surface area contributed by atoms with Crippen molar-refractivity contribution in [3.63, 3.8) is 0 Å². The van der Waals surface area contributed by atoms with Crippen molar-refractivity contribution in [1.82, 2.24) is 0 Å². The van der Waals surface area contributed by atoms with Crippen LogP contribution >= 0.6 is 21.8 Å². The van der Waals surface area contributed by atoms with Gasteiger partial charge < -0.3 is 4.72 Å². The van der Waals surface area contributed by atoms with Gasteiger partial charge in [-0.05, 0) is 22.8 Å². The maximum atomic E-state index is 5.34. The summed E-state index contributed by atoms with van der Waals surface area (Å²) in [5, 5.41) is 0. The number of halogens is 1. The lowest BCUT2D eigenvalue weighted by Crippen LogP contribution is -1.78. The van der Waals surface area contributed by atoms with E-state index in [1.165, 1.54) is 0 Å². The van der Waals surface area contributed by atoms with E-state index in [0.717, 1.165) is 16.8 Å². The van der Waals surface area contributed by atoms with Gasteiger partial charge in [0, 0.05) is 5.69 Å². The van der Waals surface area contributed by atoms with Crippen molar-refractivity contribution < 1.29 is 0 Å². The van der Waals surface area contributed by atoms with Gasteiger partial charge in [-0.15, -0.1) is 0 Å². The van der Waals surface area contributed by atoms with E-state index < -0.39 is 0 Å². The third kappa shape index (κ3) is 2.16. The van der Waals surface area contributed by atoms with Crippen molar-refractivity contribution in [2.75, 3.05) is 4.72 Å². The Kier molecular flexibility index (Phi) is 2.74. The third-order valence-corrected chi connectivity index (χ3v) is 1.47. The van der Waals surface area contributed by atoms with Crippen LogP contribution in [0, 0.1) is 0 Å². The van der Waals surface area contributed by atoms with E-state index in [9.17, 15) is 0 Å². The number of para-hydroxylation sites is 1. The van der Waals surface area contributed by atoms with Crippen LogP contribution in [-0.4, -0.2) is 0 Å². The summed E-state index contributed by atoms with van der Waals surface area (Å²) in [5.74, 6) is 0. The standard InChI is InChI=1S/C6H6ClNS/c7-9-8-6-4-2-1-3-5-6/h1-5,8H. The maximum absolute atomic E-state index is 5.34. The topological polar surface area (TPSA) is 12.0 Å². The van der Waals surface area contributed by atoms with E-state index in [0.29, 0.717) is 0 Å². The molecule has 0 radical (unpaired) electrons. The Hall–Kier alpha value is -0.340. The molecule has 0 atom stereocenters. The molecule has 48 valence electrons. The Balaban J connectivity index is 2.61. The van der Waals surface area contributed by atoms with E-state index in [-0.39, 0.29) is 0 Å². The lowest BCUT2D eigenvalue weighted by Gasteiger charge is -1.96. The van der Waals surface area contributed by atoms with E-state index in [1.807, 2.05) is 30.3 Å². The highest BCUT2D eigenvalue weighted by Crippen LogP contribution is 2.13. The average molecular weight is 160 g/mol. The monoisotopic (exact) mass is 159 g/mol. The summed E-state index contributed by atoms with van der Waals surface area (Å²) in [4.78, 5) is 0. The van der Waals surface area contributed by atoms with E-state index in [4.69, 9.17) is 10.7 Å². The molecule has 1 aromatic rings. The van der Waals surface area contributed by atoms with Crippen molar-refractivity contribution in [2.45, 2.75) is 0 Å². The van der Waals surface area contributed by atoms with E-state index >= 15 is 0 Å². The van der Waals surface area contributed by atoms with Crippen LogP contribution in [0.2, 0.25) is 0 Å². The zero-order chi connectivity index (χ0) is 6.53. The molecular formula is C6H6ClNS. The van der Waals surface area contributed by atoms with Crippen molar-refractivity contribution >= 4 is 27.5 Å². The van der Waals surface area contributed by atoms with Gasteiger partial charge >= 0.3 is 0 Å². The number of hydrogen-bond donors (Lipinski definition) is 1. The molecule has 1 nitrogen and oxygen atoms in total. The molecule has 0 spiro atoms. The molecule has 0 fully saturated rings. The first-order valence-corrected chi connectivity index (χ1v) is 4.16. The van der Waals surface area contributed by atoms with Gasteiger partial charge in [0.25, 0.3) is 0 Å². The molecule has 0 saturated heterocycles. The van der Waals surface area contributed by atoms with Crippen LogP contribution in [0.4, 0.5) is 5.69 Å². The number of rotatable bonds is 2. The van der Waals surface area contributed by atoms with Crippen molar-refractivity contribution in [3.05, 3.63) is 30.3 Å². The van der Waals surface area contributed by atoms with E-state index in [1.54, 1.807) is 0 Å². The van der Waals surface area contributed by atoms with Crippen LogP contribution < -0.4 is 4.72 Å². The Morgan fingerprint density at radius 2 is 1.89 bits per heavy atom. The zero-order valence-corrected chi connectivity index (χ0v) is 6.25. The maximum Gasteiger partial charge on any atom is 0.0582 e. The van der Waals surface area contributed by atoms with Crippen LogP contribution in [0.1, 0.15) is 0 Å². The quantitative estimate of drug-likeness (QED) is 0.666. The first-order chi connectivity index (χ1) is 4.43. The minimum absolute atomic E-state index is 1.03. The van der Waals surface area contributed by atoms with E-state index in [2.05, 4.69) is 4.72 Å². The second-order valence-electron chi connectivity index (χ2n) is 1.55. The summed E-state index contributed by atoms with van der Waals surface area (Å²) in [7, 11) is 5.34. The summed E-state index contributed by atoms with van der Waals surface area (Å²) >= 11 is 1.08. The largest absolute Gasteiger partial charge is 0.317 e. The Bertz CT molecular complexity index is 166. The van der Waals surface area contributed by atoms with Crippen LogP contribution in [0.5, 0.6) is 0 Å². The third-order valence-electron chi connectivity index (χ3n) is 0.930. The van der Waals surface area contributed by atoms with Gasteiger partial charge in [-0.1, -0.05) is 18.2 Å². The molecule has 0 amide bonds. The highest BCUT2D eigenvalue weighted by molar-refractivity contribution is 8.22. The highest BCUT2D eigenvalue weighted by Gasteiger charge is 1.83. The lowest BCUT2D eigenvalue weighted by atomic mass is 10.3. The molecule has 0 saturated carbocycles. The van der Waals surface area contributed by atoms with Gasteiger partial charge in [-0.25, -0.2) is 0 Å². The molecule has 9 heavy (non-hydrogen) atoms. The smallest absolute Gasteiger partial charge is 0.0582 e. The fourth-order valence-corrected chi connectivity index (χ4v) is 1.04. The summed E-state index contributed by atoms with van der Waals surface area (Å²) in [5.41, 5.74) is 1.03. The molecule has 0 aliphatic carbocycles. The van der Waals surface area contributed by atoms with Gasteiger partial charge in [0.15, 0.2) is 0 Å². The summed E-state index contributed by atoms with van der Waals surface area (Å²) < 4.78 is 2.89. The van der Waals surface area contributed by atoms with Crippen molar-refractivity contribution in [3.8, 4) is 0 Å². The van der Waals surface area contributed by atoms with Crippen LogP contribution in [-0.2, 0) is 0 Å². The number of anilines is 1. The normalized spacial score (nSPS) is 9.00. The highest BCUT2D eigenvalue weighted by atomic mass is 35.7. The number of benzene rings is 1. The molecule has 0 bridgehead atoms. The summed E-state index contributed by atoms with van der Waals surface area (Å²) in [6, 6.07) is 9.78. The minimum atomic E-state index is 1.03. The first-order valence-electron chi connectivity index (χ1n) is 2.52. The van der Waals surface area contributed by atoms with Crippen molar-refractivity contribution in [1.29, 1.82) is 0 Å². The van der Waals surface area contributed by atoms with Crippen LogP contribution in [0.25, 0.3) is 0 Å². The van der Waals surface area contributed by atoms with Crippen molar-refractivity contribution in [2.24, 2.45) is 0 Å². The van der Waals surface area contributed by atoms with Crippen LogP contribution in [0.3, 0.4) is 0 Å². The second kappa shape index (κ2) is 3.64. The fraction of sp³-hybridized carbons (Fsp3) is 0. The molecule has 1 aromatic carbocycles. The van der Waals surface area contributed by atoms with Crippen LogP contribution in [0.15, 0.2) is 30.3 Å². The van der Waals surface area contributed by atoms with Gasteiger partial charge in [0.2, 0.25) is 0 Å². The minimum Gasteiger partial charge on any atom is -0.317 e. The molecule has 1 N–H and O–H groups in total. The molecule has 0 heterocycles. The van der Waals surface area contributed by atoms with Gasteiger partial charge in [0.05, 0.1) is 11.2 Å². The molecule has 3 heteroatoms. The summed E-state index contributed by atoms with van der Waals surface area (Å²) in [6.45, 7) is 0. The van der Waals surface area contributed by atoms with Gasteiger partial charge in [-0.3, -0.25) is 0 Å².